The first-order chi connectivity index (χ1) is 14.2. The zero-order valence-electron chi connectivity index (χ0n) is 15.8. The van der Waals surface area contributed by atoms with Crippen molar-refractivity contribution in [2.45, 2.75) is 0 Å². The highest BCUT2D eigenvalue weighted by atomic mass is 35.5. The minimum absolute atomic E-state index is 0.707. The average Bonchev–Trinajstić information content (AvgIpc) is 3.27. The third kappa shape index (κ3) is 3.23. The number of thiophene rings is 1. The number of nitrogens with zero attached hydrogens (tertiary/aromatic N) is 1. The number of anilines is 2. The first-order valence-corrected chi connectivity index (χ1v) is 10.6. The van der Waals surface area contributed by atoms with E-state index in [1.54, 1.807) is 11.3 Å². The Balaban J connectivity index is 1.84. The van der Waals surface area contributed by atoms with E-state index in [-0.39, 0.29) is 0 Å². The fraction of sp³-hybridized carbons (Fsp3) is 0.0400. The highest BCUT2D eigenvalue weighted by molar-refractivity contribution is 7.11. The maximum absolute atomic E-state index is 6.51. The molecular formula is C25H18ClNOS. The van der Waals surface area contributed by atoms with Gasteiger partial charge in [-0.3, -0.25) is 0 Å². The number of benzene rings is 3. The number of rotatable bonds is 3. The van der Waals surface area contributed by atoms with Crippen molar-refractivity contribution in [1.29, 1.82) is 0 Å². The van der Waals surface area contributed by atoms with Crippen LogP contribution >= 0.6 is 22.9 Å². The van der Waals surface area contributed by atoms with Gasteiger partial charge in [-0.2, -0.15) is 0 Å². The molecule has 1 aliphatic heterocycles. The summed E-state index contributed by atoms with van der Waals surface area (Å²) in [6.07, 6.45) is 0. The molecule has 0 amide bonds. The van der Waals surface area contributed by atoms with Gasteiger partial charge < -0.3 is 9.64 Å². The predicted octanol–water partition coefficient (Wildman–Crippen LogP) is 7.48. The van der Waals surface area contributed by atoms with E-state index in [0.29, 0.717) is 5.02 Å². The lowest BCUT2D eigenvalue weighted by Crippen LogP contribution is -2.19. The standard InChI is InChI=1S/C25H18ClNOS/c1-27-21-9-4-2-7-19(21)24(20-8-3-5-10-22(20)27)25(28-23-11-6-16-29-23)17-12-14-18(26)15-13-17/h2-16H,1H3. The molecule has 0 saturated heterocycles. The van der Waals surface area contributed by atoms with Crippen molar-refractivity contribution in [2.24, 2.45) is 0 Å². The maximum Gasteiger partial charge on any atom is 0.180 e. The van der Waals surface area contributed by atoms with E-state index in [1.165, 1.54) is 0 Å². The number of fused-ring (bicyclic) bond motifs is 2. The number of ether oxygens (including phenoxy) is 1. The van der Waals surface area contributed by atoms with Gasteiger partial charge in [-0.1, -0.05) is 48.0 Å². The van der Waals surface area contributed by atoms with Crippen LogP contribution in [0.1, 0.15) is 16.7 Å². The van der Waals surface area contributed by atoms with E-state index in [9.17, 15) is 0 Å². The maximum atomic E-state index is 6.51. The largest absolute Gasteiger partial charge is 0.445 e. The molecule has 0 aliphatic carbocycles. The van der Waals surface area contributed by atoms with Gasteiger partial charge in [0.05, 0.1) is 0 Å². The van der Waals surface area contributed by atoms with Crippen LogP contribution in [0.2, 0.25) is 5.02 Å². The molecule has 1 aromatic heterocycles. The smallest absolute Gasteiger partial charge is 0.180 e. The van der Waals surface area contributed by atoms with Crippen LogP contribution in [0.3, 0.4) is 0 Å². The summed E-state index contributed by atoms with van der Waals surface area (Å²) in [4.78, 5) is 2.23. The van der Waals surface area contributed by atoms with Crippen LogP contribution in [-0.2, 0) is 0 Å². The fourth-order valence-electron chi connectivity index (χ4n) is 3.75. The van der Waals surface area contributed by atoms with Crippen LogP contribution in [0.25, 0.3) is 11.3 Å². The van der Waals surface area contributed by atoms with Crippen LogP contribution < -0.4 is 9.64 Å². The molecule has 0 saturated carbocycles. The molecule has 0 spiro atoms. The van der Waals surface area contributed by atoms with Gasteiger partial charge >= 0.3 is 0 Å². The molecule has 0 atom stereocenters. The Labute approximate surface area is 179 Å². The van der Waals surface area contributed by atoms with Gasteiger partial charge in [-0.15, -0.1) is 11.3 Å². The van der Waals surface area contributed by atoms with Crippen molar-refractivity contribution in [3.8, 4) is 5.06 Å². The topological polar surface area (TPSA) is 12.5 Å². The van der Waals surface area contributed by atoms with Crippen LogP contribution in [0, 0.1) is 0 Å². The van der Waals surface area contributed by atoms with E-state index in [2.05, 4.69) is 60.5 Å². The normalized spacial score (nSPS) is 12.3. The molecule has 29 heavy (non-hydrogen) atoms. The summed E-state index contributed by atoms with van der Waals surface area (Å²) < 4.78 is 6.51. The van der Waals surface area contributed by atoms with E-state index in [1.807, 2.05) is 41.8 Å². The Bertz CT molecular complexity index is 1150. The zero-order valence-corrected chi connectivity index (χ0v) is 17.4. The first-order valence-electron chi connectivity index (χ1n) is 9.36. The van der Waals surface area contributed by atoms with Crippen molar-refractivity contribution in [1.82, 2.24) is 0 Å². The lowest BCUT2D eigenvalue weighted by Gasteiger charge is -2.32. The molecule has 142 valence electrons. The molecule has 0 radical (unpaired) electrons. The molecule has 0 fully saturated rings. The second-order valence-electron chi connectivity index (χ2n) is 6.84. The van der Waals surface area contributed by atoms with Crippen LogP contribution in [0.15, 0.2) is 90.3 Å². The van der Waals surface area contributed by atoms with Crippen molar-refractivity contribution >= 4 is 45.6 Å². The highest BCUT2D eigenvalue weighted by Crippen LogP contribution is 2.47. The Hall–Kier alpha value is -3.01. The summed E-state index contributed by atoms with van der Waals surface area (Å²) in [6, 6.07) is 28.7. The van der Waals surface area contributed by atoms with Gasteiger partial charge in [0.25, 0.3) is 0 Å². The Morgan fingerprint density at radius 2 is 1.41 bits per heavy atom. The van der Waals surface area contributed by atoms with E-state index in [4.69, 9.17) is 16.3 Å². The van der Waals surface area contributed by atoms with Crippen molar-refractivity contribution in [3.05, 3.63) is 112 Å². The molecule has 5 rings (SSSR count). The van der Waals surface area contributed by atoms with E-state index in [0.717, 1.165) is 44.5 Å². The molecular weight excluding hydrogens is 398 g/mol. The average molecular weight is 416 g/mol. The summed E-state index contributed by atoms with van der Waals surface area (Å²) in [5.74, 6) is 0.831. The van der Waals surface area contributed by atoms with Crippen LogP contribution in [0.4, 0.5) is 11.4 Å². The van der Waals surface area contributed by atoms with Crippen molar-refractivity contribution in [3.63, 3.8) is 0 Å². The highest BCUT2D eigenvalue weighted by Gasteiger charge is 2.28. The molecule has 2 nitrogen and oxygen atoms in total. The van der Waals surface area contributed by atoms with Gasteiger partial charge in [0, 0.05) is 45.7 Å². The molecule has 0 N–H and O–H groups in total. The number of halogens is 1. The minimum Gasteiger partial charge on any atom is -0.445 e. The third-order valence-corrected chi connectivity index (χ3v) is 6.10. The summed E-state index contributed by atoms with van der Waals surface area (Å²) in [6.45, 7) is 0. The fourth-order valence-corrected chi connectivity index (χ4v) is 4.46. The molecule has 4 aromatic rings. The molecule has 0 unspecified atom stereocenters. The van der Waals surface area contributed by atoms with Gasteiger partial charge in [0.1, 0.15) is 5.76 Å². The van der Waals surface area contributed by atoms with Crippen LogP contribution in [-0.4, -0.2) is 7.05 Å². The summed E-state index contributed by atoms with van der Waals surface area (Å²) in [5, 5.41) is 3.59. The monoisotopic (exact) mass is 415 g/mol. The number of hydrogen-bond donors (Lipinski definition) is 0. The first kappa shape index (κ1) is 18.0. The van der Waals surface area contributed by atoms with Gasteiger partial charge in [-0.25, -0.2) is 0 Å². The minimum atomic E-state index is 0.707. The van der Waals surface area contributed by atoms with Crippen molar-refractivity contribution < 1.29 is 4.74 Å². The Morgan fingerprint density at radius 1 is 0.793 bits per heavy atom. The predicted molar refractivity (Wildman–Crippen MR) is 123 cm³/mol. The van der Waals surface area contributed by atoms with E-state index < -0.39 is 0 Å². The third-order valence-electron chi connectivity index (χ3n) is 5.10. The van der Waals surface area contributed by atoms with E-state index >= 15 is 0 Å². The van der Waals surface area contributed by atoms with Gasteiger partial charge in [0.15, 0.2) is 5.06 Å². The van der Waals surface area contributed by atoms with Crippen LogP contribution in [0.5, 0.6) is 5.06 Å². The SMILES string of the molecule is CN1c2ccccc2C(=C(Oc2cccs2)c2ccc(Cl)cc2)c2ccccc21. The molecule has 4 heteroatoms. The second-order valence-corrected chi connectivity index (χ2v) is 8.19. The number of hydrogen-bond acceptors (Lipinski definition) is 3. The van der Waals surface area contributed by atoms with Gasteiger partial charge in [0.2, 0.25) is 0 Å². The molecule has 2 heterocycles. The second kappa shape index (κ2) is 7.43. The van der Waals surface area contributed by atoms with Gasteiger partial charge in [-0.05, 0) is 53.9 Å². The summed E-state index contributed by atoms with van der Waals surface area (Å²) >= 11 is 7.75. The lowest BCUT2D eigenvalue weighted by atomic mass is 9.88. The number of para-hydroxylation sites is 2. The quantitative estimate of drug-likeness (QED) is 0.321. The summed E-state index contributed by atoms with van der Waals surface area (Å²) in [5.41, 5.74) is 6.69. The molecule has 3 aromatic carbocycles. The van der Waals surface area contributed by atoms with Crippen molar-refractivity contribution in [2.75, 3.05) is 11.9 Å². The Kier molecular flexibility index (Phi) is 4.62. The molecule has 0 bridgehead atoms. The zero-order chi connectivity index (χ0) is 19.8. The molecule has 1 aliphatic rings. The lowest BCUT2D eigenvalue weighted by molar-refractivity contribution is 0.531. The summed E-state index contributed by atoms with van der Waals surface area (Å²) in [7, 11) is 2.11. The Morgan fingerprint density at radius 3 is 2.00 bits per heavy atom.